The van der Waals surface area contributed by atoms with E-state index in [4.69, 9.17) is 13.5 Å². The topological polar surface area (TPSA) is 65.7 Å². The molecule has 0 saturated carbocycles. The zero-order valence-corrected chi connectivity index (χ0v) is 15.9. The van der Waals surface area contributed by atoms with Crippen molar-refractivity contribution in [1.82, 2.24) is 0 Å². The molecule has 0 aliphatic heterocycles. The van der Waals surface area contributed by atoms with E-state index < -0.39 is 13.2 Å². The summed E-state index contributed by atoms with van der Waals surface area (Å²) in [6.45, 7) is 5.71. The Kier molecular flexibility index (Phi) is 5.42. The third-order valence-corrected chi connectivity index (χ3v) is 5.99. The number of aryl methyl sites for hydroxylation is 1. The average Bonchev–Trinajstić information content (AvgIpc) is 2.62. The zero-order chi connectivity index (χ0) is 18.7. The standard InChI is InChI=1S/C20H21O5P/c1-4-23-26(22,24-5-2)20-18(15-9-7-6-8-10-15)17-13-14(3)11-12-16(17)19(21)25-20/h6-13H,4-5H2,1-3H3. The van der Waals surface area contributed by atoms with Crippen molar-refractivity contribution in [3.8, 4) is 11.1 Å². The molecule has 6 heteroatoms. The molecule has 136 valence electrons. The Balaban J connectivity index is 2.46. The molecule has 0 amide bonds. The summed E-state index contributed by atoms with van der Waals surface area (Å²) in [5, 5.41) is 1.10. The highest BCUT2D eigenvalue weighted by molar-refractivity contribution is 7.62. The molecule has 0 fully saturated rings. The van der Waals surface area contributed by atoms with Crippen LogP contribution in [0.15, 0.2) is 57.7 Å². The second kappa shape index (κ2) is 7.58. The highest BCUT2D eigenvalue weighted by Crippen LogP contribution is 2.50. The van der Waals surface area contributed by atoms with Crippen LogP contribution in [0.1, 0.15) is 19.4 Å². The second-order valence-corrected chi connectivity index (χ2v) is 7.74. The van der Waals surface area contributed by atoms with Gasteiger partial charge in [-0.25, -0.2) is 4.79 Å². The summed E-state index contributed by atoms with van der Waals surface area (Å²) in [5.74, 6) is 0. The van der Waals surface area contributed by atoms with Gasteiger partial charge >= 0.3 is 13.2 Å². The molecule has 0 aliphatic carbocycles. The molecule has 3 rings (SSSR count). The van der Waals surface area contributed by atoms with Crippen LogP contribution < -0.4 is 11.1 Å². The van der Waals surface area contributed by atoms with Crippen LogP contribution in [-0.2, 0) is 13.6 Å². The molecule has 0 unspecified atom stereocenters. The van der Waals surface area contributed by atoms with E-state index in [1.165, 1.54) is 0 Å². The number of fused-ring (bicyclic) bond motifs is 1. The highest BCUT2D eigenvalue weighted by atomic mass is 31.2. The predicted molar refractivity (Wildman–Crippen MR) is 103 cm³/mol. The van der Waals surface area contributed by atoms with Crippen LogP contribution in [0.5, 0.6) is 0 Å². The van der Waals surface area contributed by atoms with Gasteiger partial charge in [-0.05, 0) is 32.4 Å². The van der Waals surface area contributed by atoms with Gasteiger partial charge in [-0.1, -0.05) is 48.0 Å². The molecular weight excluding hydrogens is 351 g/mol. The molecule has 0 spiro atoms. The van der Waals surface area contributed by atoms with Crippen LogP contribution in [0.3, 0.4) is 0 Å². The van der Waals surface area contributed by atoms with Crippen molar-refractivity contribution in [2.45, 2.75) is 20.8 Å². The fourth-order valence-corrected chi connectivity index (χ4v) is 4.63. The van der Waals surface area contributed by atoms with E-state index in [2.05, 4.69) is 0 Å². The van der Waals surface area contributed by atoms with Crippen LogP contribution in [0.2, 0.25) is 0 Å². The molecule has 1 heterocycles. The lowest BCUT2D eigenvalue weighted by Crippen LogP contribution is -2.19. The zero-order valence-electron chi connectivity index (χ0n) is 15.0. The van der Waals surface area contributed by atoms with Crippen molar-refractivity contribution in [1.29, 1.82) is 0 Å². The molecule has 0 bridgehead atoms. The summed E-state index contributed by atoms with van der Waals surface area (Å²) >= 11 is 0. The summed E-state index contributed by atoms with van der Waals surface area (Å²) in [6, 6.07) is 14.8. The van der Waals surface area contributed by atoms with Gasteiger partial charge in [0.15, 0.2) is 0 Å². The summed E-state index contributed by atoms with van der Waals surface area (Å²) in [4.78, 5) is 12.6. The van der Waals surface area contributed by atoms with Crippen LogP contribution in [0.4, 0.5) is 0 Å². The van der Waals surface area contributed by atoms with Gasteiger partial charge in [0.05, 0.1) is 18.6 Å². The van der Waals surface area contributed by atoms with Gasteiger partial charge in [0.2, 0.25) is 5.50 Å². The first-order valence-electron chi connectivity index (χ1n) is 8.52. The minimum atomic E-state index is -3.79. The van der Waals surface area contributed by atoms with Gasteiger partial charge in [0.25, 0.3) is 0 Å². The highest BCUT2D eigenvalue weighted by Gasteiger charge is 2.35. The quantitative estimate of drug-likeness (QED) is 0.589. The first-order chi connectivity index (χ1) is 12.5. The lowest BCUT2D eigenvalue weighted by Gasteiger charge is -2.19. The average molecular weight is 372 g/mol. The Bertz CT molecular complexity index is 1010. The summed E-state index contributed by atoms with van der Waals surface area (Å²) in [5.41, 5.74) is 1.72. The number of hydrogen-bond acceptors (Lipinski definition) is 5. The van der Waals surface area contributed by atoms with Gasteiger partial charge in [-0.2, -0.15) is 0 Å². The Morgan fingerprint density at radius 1 is 0.962 bits per heavy atom. The first-order valence-corrected chi connectivity index (χ1v) is 10.1. The minimum Gasteiger partial charge on any atom is -0.413 e. The molecule has 1 aromatic heterocycles. The molecule has 0 aliphatic rings. The van der Waals surface area contributed by atoms with Crippen molar-refractivity contribution >= 4 is 23.9 Å². The molecule has 0 atom stereocenters. The molecule has 0 N–H and O–H groups in total. The Morgan fingerprint density at radius 3 is 2.23 bits per heavy atom. The minimum absolute atomic E-state index is 0.0458. The van der Waals surface area contributed by atoms with Gasteiger partial charge in [0, 0.05) is 10.9 Å². The van der Waals surface area contributed by atoms with E-state index in [1.807, 2.05) is 49.4 Å². The van der Waals surface area contributed by atoms with E-state index in [0.29, 0.717) is 16.3 Å². The first kappa shape index (κ1) is 18.6. The smallest absolute Gasteiger partial charge is 0.397 e. The van der Waals surface area contributed by atoms with E-state index >= 15 is 0 Å². The fraction of sp³-hybridized carbons (Fsp3) is 0.250. The Hall–Kier alpha value is -2.20. The van der Waals surface area contributed by atoms with Crippen LogP contribution in [-0.4, -0.2) is 13.2 Å². The largest absolute Gasteiger partial charge is 0.413 e. The SMILES string of the molecule is CCOP(=O)(OCC)c1oc(=O)c2ccc(C)cc2c1-c1ccccc1. The monoisotopic (exact) mass is 372 g/mol. The van der Waals surface area contributed by atoms with Crippen LogP contribution in [0, 0.1) is 6.92 Å². The molecule has 3 aromatic rings. The maximum atomic E-state index is 13.4. The van der Waals surface area contributed by atoms with Gasteiger partial charge in [0.1, 0.15) is 0 Å². The molecule has 0 radical (unpaired) electrons. The third-order valence-electron chi connectivity index (χ3n) is 3.98. The maximum Gasteiger partial charge on any atom is 0.397 e. The summed E-state index contributed by atoms with van der Waals surface area (Å²) in [6.07, 6.45) is 0. The molecular formula is C20H21O5P. The second-order valence-electron chi connectivity index (χ2n) is 5.82. The maximum absolute atomic E-state index is 13.4. The van der Waals surface area contributed by atoms with Crippen molar-refractivity contribution < 1.29 is 18.0 Å². The summed E-state index contributed by atoms with van der Waals surface area (Å²) < 4.78 is 29.8. The van der Waals surface area contributed by atoms with Crippen molar-refractivity contribution in [3.63, 3.8) is 0 Å². The van der Waals surface area contributed by atoms with Crippen molar-refractivity contribution in [3.05, 3.63) is 64.5 Å². The van der Waals surface area contributed by atoms with E-state index in [1.54, 1.807) is 19.9 Å². The normalized spacial score (nSPS) is 11.8. The van der Waals surface area contributed by atoms with Gasteiger partial charge in [-0.15, -0.1) is 0 Å². The van der Waals surface area contributed by atoms with Crippen molar-refractivity contribution in [2.24, 2.45) is 0 Å². The van der Waals surface area contributed by atoms with E-state index in [-0.39, 0.29) is 18.7 Å². The third kappa shape index (κ3) is 3.38. The molecule has 5 nitrogen and oxygen atoms in total. The van der Waals surface area contributed by atoms with Crippen molar-refractivity contribution in [2.75, 3.05) is 13.2 Å². The van der Waals surface area contributed by atoms with Gasteiger partial charge < -0.3 is 13.5 Å². The van der Waals surface area contributed by atoms with E-state index in [0.717, 1.165) is 11.1 Å². The summed E-state index contributed by atoms with van der Waals surface area (Å²) in [7, 11) is -3.79. The van der Waals surface area contributed by atoms with Crippen LogP contribution in [0.25, 0.3) is 21.9 Å². The number of rotatable bonds is 6. The Morgan fingerprint density at radius 2 is 1.62 bits per heavy atom. The molecule has 0 saturated heterocycles. The number of hydrogen-bond donors (Lipinski definition) is 0. The lowest BCUT2D eigenvalue weighted by molar-refractivity contribution is 0.225. The van der Waals surface area contributed by atoms with Crippen LogP contribution >= 0.6 is 7.60 Å². The fourth-order valence-electron chi connectivity index (χ4n) is 2.92. The van der Waals surface area contributed by atoms with E-state index in [9.17, 15) is 9.36 Å². The lowest BCUT2D eigenvalue weighted by atomic mass is 10.00. The number of benzene rings is 2. The van der Waals surface area contributed by atoms with Gasteiger partial charge in [-0.3, -0.25) is 4.57 Å². The molecule has 26 heavy (non-hydrogen) atoms. The predicted octanol–water partition coefficient (Wildman–Crippen LogP) is 4.66. The molecule has 2 aromatic carbocycles. The Labute approximate surface area is 152 Å².